The number of likely N-dealkylation sites (tertiary alicyclic amines) is 1. The maximum Gasteiger partial charge on any atom is 0.216 e. The van der Waals surface area contributed by atoms with E-state index in [-0.39, 0.29) is 0 Å². The SMILES string of the molecule is CN=C(NCc1nc(-c2ccco2)n[nH]1)NCC1CCCN(C)C1c1cccs1. The second-order valence-electron chi connectivity index (χ2n) is 7.23. The molecule has 0 radical (unpaired) electrons. The third-order valence-electron chi connectivity index (χ3n) is 5.29. The molecule has 0 spiro atoms. The fourth-order valence-electron chi connectivity index (χ4n) is 3.89. The minimum Gasteiger partial charge on any atom is -0.461 e. The molecule has 4 rings (SSSR count). The highest BCUT2D eigenvalue weighted by Crippen LogP contribution is 2.36. The van der Waals surface area contributed by atoms with Crippen LogP contribution in [0.4, 0.5) is 0 Å². The number of nitrogens with one attached hydrogen (secondary N) is 3. The number of hydrogen-bond donors (Lipinski definition) is 3. The standard InChI is InChI=1S/C20H27N7OS/c1-21-20(23-13-17-24-19(26-25-17)15-7-4-10-28-15)22-12-14-6-3-9-27(2)18(14)16-8-5-11-29-16/h4-5,7-8,10-11,14,18H,3,6,9,12-13H2,1-2H3,(H2,21,22,23)(H,24,25,26). The lowest BCUT2D eigenvalue weighted by Crippen LogP contribution is -2.44. The molecule has 29 heavy (non-hydrogen) atoms. The first-order valence-corrected chi connectivity index (χ1v) is 10.8. The van der Waals surface area contributed by atoms with Gasteiger partial charge in [0.05, 0.1) is 12.8 Å². The van der Waals surface area contributed by atoms with Crippen LogP contribution in [0, 0.1) is 5.92 Å². The molecular weight excluding hydrogens is 386 g/mol. The van der Waals surface area contributed by atoms with Crippen molar-refractivity contribution in [2.45, 2.75) is 25.4 Å². The summed E-state index contributed by atoms with van der Waals surface area (Å²) in [4.78, 5) is 12.7. The lowest BCUT2D eigenvalue weighted by molar-refractivity contribution is 0.125. The first-order chi connectivity index (χ1) is 14.2. The Balaban J connectivity index is 1.32. The van der Waals surface area contributed by atoms with Crippen LogP contribution >= 0.6 is 11.3 Å². The number of aliphatic imine (C=N–C) groups is 1. The first kappa shape index (κ1) is 19.7. The van der Waals surface area contributed by atoms with Crippen LogP contribution in [0.1, 0.15) is 29.6 Å². The van der Waals surface area contributed by atoms with E-state index in [1.54, 1.807) is 13.3 Å². The minimum absolute atomic E-state index is 0.458. The van der Waals surface area contributed by atoms with Gasteiger partial charge in [0.25, 0.3) is 0 Å². The van der Waals surface area contributed by atoms with Gasteiger partial charge in [0, 0.05) is 24.5 Å². The van der Waals surface area contributed by atoms with E-state index in [1.165, 1.54) is 17.7 Å². The van der Waals surface area contributed by atoms with E-state index < -0.39 is 0 Å². The van der Waals surface area contributed by atoms with Crippen molar-refractivity contribution in [3.05, 3.63) is 46.6 Å². The summed E-state index contributed by atoms with van der Waals surface area (Å²) < 4.78 is 5.33. The number of rotatable bonds is 6. The van der Waals surface area contributed by atoms with Gasteiger partial charge in [0.1, 0.15) is 5.82 Å². The number of thiophene rings is 1. The molecule has 1 aliphatic rings. The van der Waals surface area contributed by atoms with E-state index in [9.17, 15) is 0 Å². The quantitative estimate of drug-likeness (QED) is 0.425. The summed E-state index contributed by atoms with van der Waals surface area (Å²) in [5.41, 5.74) is 0. The van der Waals surface area contributed by atoms with Gasteiger partial charge in [-0.25, -0.2) is 4.98 Å². The third kappa shape index (κ3) is 4.68. The van der Waals surface area contributed by atoms with Crippen LogP contribution in [-0.4, -0.2) is 53.2 Å². The number of nitrogens with zero attached hydrogens (tertiary/aromatic N) is 4. The van der Waals surface area contributed by atoms with E-state index in [2.05, 4.69) is 60.3 Å². The van der Waals surface area contributed by atoms with Crippen molar-refractivity contribution in [1.29, 1.82) is 0 Å². The lowest BCUT2D eigenvalue weighted by Gasteiger charge is -2.39. The Hall–Kier alpha value is -2.65. The topological polar surface area (TPSA) is 94.4 Å². The van der Waals surface area contributed by atoms with Crippen LogP contribution in [-0.2, 0) is 6.54 Å². The number of aromatic amines is 1. The van der Waals surface area contributed by atoms with E-state index >= 15 is 0 Å². The summed E-state index contributed by atoms with van der Waals surface area (Å²) in [5, 5.41) is 16.1. The van der Waals surface area contributed by atoms with Crippen LogP contribution in [0.15, 0.2) is 45.3 Å². The van der Waals surface area contributed by atoms with Crippen molar-refractivity contribution in [2.24, 2.45) is 10.9 Å². The zero-order valence-corrected chi connectivity index (χ0v) is 17.6. The van der Waals surface area contributed by atoms with Crippen molar-refractivity contribution in [3.63, 3.8) is 0 Å². The highest BCUT2D eigenvalue weighted by atomic mass is 32.1. The molecule has 0 saturated carbocycles. The van der Waals surface area contributed by atoms with Gasteiger partial charge in [-0.05, 0) is 55.9 Å². The van der Waals surface area contributed by atoms with Crippen molar-refractivity contribution in [2.75, 3.05) is 27.2 Å². The molecular formula is C20H27N7OS. The van der Waals surface area contributed by atoms with Crippen LogP contribution in [0.5, 0.6) is 0 Å². The maximum atomic E-state index is 5.33. The van der Waals surface area contributed by atoms with Crippen molar-refractivity contribution in [1.82, 2.24) is 30.7 Å². The summed E-state index contributed by atoms with van der Waals surface area (Å²) in [6.07, 6.45) is 4.05. The fraction of sp³-hybridized carbons (Fsp3) is 0.450. The summed E-state index contributed by atoms with van der Waals surface area (Å²) in [5.74, 6) is 3.24. The second-order valence-corrected chi connectivity index (χ2v) is 8.21. The predicted molar refractivity (Wildman–Crippen MR) is 115 cm³/mol. The van der Waals surface area contributed by atoms with Gasteiger partial charge in [0.2, 0.25) is 5.82 Å². The number of guanidine groups is 1. The number of H-pyrrole nitrogens is 1. The molecule has 0 aliphatic carbocycles. The molecule has 154 valence electrons. The Morgan fingerprint density at radius 1 is 1.38 bits per heavy atom. The number of hydrogen-bond acceptors (Lipinski definition) is 6. The fourth-order valence-corrected chi connectivity index (χ4v) is 4.87. The van der Waals surface area contributed by atoms with E-state index in [1.807, 2.05) is 23.5 Å². The lowest BCUT2D eigenvalue weighted by atomic mass is 9.88. The van der Waals surface area contributed by atoms with E-state index in [0.29, 0.717) is 30.1 Å². The molecule has 1 saturated heterocycles. The van der Waals surface area contributed by atoms with Gasteiger partial charge < -0.3 is 15.1 Å². The Morgan fingerprint density at radius 2 is 2.31 bits per heavy atom. The molecule has 0 aromatic carbocycles. The molecule has 3 aromatic rings. The summed E-state index contributed by atoms with van der Waals surface area (Å²) in [6, 6.07) is 8.51. The average molecular weight is 414 g/mol. The minimum atomic E-state index is 0.458. The Bertz CT molecular complexity index is 903. The van der Waals surface area contributed by atoms with Gasteiger partial charge in [-0.1, -0.05) is 6.07 Å². The molecule has 1 fully saturated rings. The molecule has 3 N–H and O–H groups in total. The molecule has 4 heterocycles. The maximum absolute atomic E-state index is 5.33. The van der Waals surface area contributed by atoms with E-state index in [4.69, 9.17) is 4.42 Å². The monoisotopic (exact) mass is 413 g/mol. The Labute approximate surface area is 174 Å². The largest absolute Gasteiger partial charge is 0.461 e. The van der Waals surface area contributed by atoms with Crippen LogP contribution < -0.4 is 10.6 Å². The second kappa shape index (κ2) is 9.23. The van der Waals surface area contributed by atoms with Gasteiger partial charge >= 0.3 is 0 Å². The van der Waals surface area contributed by atoms with Crippen molar-refractivity contribution in [3.8, 4) is 11.6 Å². The molecule has 3 aromatic heterocycles. The van der Waals surface area contributed by atoms with Crippen molar-refractivity contribution < 1.29 is 4.42 Å². The Kier molecular flexibility index (Phi) is 6.26. The molecule has 2 unspecified atom stereocenters. The van der Waals surface area contributed by atoms with Crippen molar-refractivity contribution >= 4 is 17.3 Å². The van der Waals surface area contributed by atoms with Gasteiger partial charge in [-0.3, -0.25) is 15.0 Å². The zero-order valence-electron chi connectivity index (χ0n) is 16.8. The summed E-state index contributed by atoms with van der Waals surface area (Å²) in [7, 11) is 4.01. The normalized spacial score (nSPS) is 20.7. The smallest absolute Gasteiger partial charge is 0.216 e. The van der Waals surface area contributed by atoms with Gasteiger partial charge in [-0.15, -0.1) is 16.4 Å². The average Bonchev–Trinajstić information content (AvgIpc) is 3.49. The van der Waals surface area contributed by atoms with Crippen LogP contribution in [0.3, 0.4) is 0 Å². The highest BCUT2D eigenvalue weighted by Gasteiger charge is 2.31. The first-order valence-electron chi connectivity index (χ1n) is 9.88. The summed E-state index contributed by atoms with van der Waals surface area (Å²) in [6.45, 7) is 2.53. The van der Waals surface area contributed by atoms with Crippen LogP contribution in [0.25, 0.3) is 11.6 Å². The zero-order chi connectivity index (χ0) is 20.1. The van der Waals surface area contributed by atoms with Gasteiger partial charge in [0.15, 0.2) is 11.7 Å². The molecule has 0 bridgehead atoms. The van der Waals surface area contributed by atoms with E-state index in [0.717, 1.165) is 24.9 Å². The van der Waals surface area contributed by atoms with Crippen LogP contribution in [0.2, 0.25) is 0 Å². The predicted octanol–water partition coefficient (Wildman–Crippen LogP) is 2.87. The Morgan fingerprint density at radius 3 is 3.07 bits per heavy atom. The number of furan rings is 1. The number of aromatic nitrogens is 3. The molecule has 0 amide bonds. The molecule has 1 aliphatic heterocycles. The third-order valence-corrected chi connectivity index (χ3v) is 6.24. The molecule has 2 atom stereocenters. The summed E-state index contributed by atoms with van der Waals surface area (Å²) >= 11 is 1.84. The highest BCUT2D eigenvalue weighted by molar-refractivity contribution is 7.10. The molecule has 9 heteroatoms. The van der Waals surface area contributed by atoms with Gasteiger partial charge in [-0.2, -0.15) is 0 Å². The molecule has 8 nitrogen and oxygen atoms in total. The number of piperidine rings is 1.